The van der Waals surface area contributed by atoms with Gasteiger partial charge in [-0.15, -0.1) is 0 Å². The van der Waals surface area contributed by atoms with Gasteiger partial charge >= 0.3 is 6.03 Å². The van der Waals surface area contributed by atoms with Gasteiger partial charge in [0.1, 0.15) is 29.8 Å². The van der Waals surface area contributed by atoms with Crippen LogP contribution in [0.4, 0.5) is 32.4 Å². The summed E-state index contributed by atoms with van der Waals surface area (Å²) in [6.07, 6.45) is 0. The first-order valence-electron chi connectivity index (χ1n) is 11.8. The van der Waals surface area contributed by atoms with E-state index in [-0.39, 0.29) is 35.8 Å². The highest BCUT2D eigenvalue weighted by Crippen LogP contribution is 2.38. The number of hydrogen-bond acceptors (Lipinski definition) is 4. The Labute approximate surface area is 220 Å². The lowest BCUT2D eigenvalue weighted by molar-refractivity contribution is 0.0950. The van der Waals surface area contributed by atoms with E-state index in [9.17, 15) is 31.5 Å². The predicted octanol–water partition coefficient (Wildman–Crippen LogP) is 4.82. The van der Waals surface area contributed by atoms with Crippen molar-refractivity contribution in [3.05, 3.63) is 93.8 Å². The Morgan fingerprint density at radius 2 is 1.69 bits per heavy atom. The van der Waals surface area contributed by atoms with Gasteiger partial charge in [-0.2, -0.15) is 0 Å². The highest BCUT2D eigenvalue weighted by molar-refractivity contribution is 5.99. The van der Waals surface area contributed by atoms with E-state index < -0.39 is 65.7 Å². The number of aliphatic hydroxyl groups excluding tert-OH is 1. The summed E-state index contributed by atoms with van der Waals surface area (Å²) < 4.78 is 75.5. The number of fused-ring (bicyclic) bond motifs is 1. The van der Waals surface area contributed by atoms with Crippen LogP contribution in [0, 0.1) is 29.1 Å². The number of amides is 3. The van der Waals surface area contributed by atoms with Gasteiger partial charge in [0.05, 0.1) is 30.4 Å². The molecule has 1 unspecified atom stereocenters. The fraction of sp³-hybridized carbons (Fsp3) is 0.259. The largest absolute Gasteiger partial charge is 0.491 e. The van der Waals surface area contributed by atoms with Gasteiger partial charge < -0.3 is 20.1 Å². The molecule has 0 saturated carbocycles. The molecule has 3 amide bonds. The third-order valence-electron chi connectivity index (χ3n) is 6.50. The highest BCUT2D eigenvalue weighted by Gasteiger charge is 2.35. The molecule has 0 aromatic heterocycles. The molecule has 0 fully saturated rings. The predicted molar refractivity (Wildman–Crippen MR) is 131 cm³/mol. The van der Waals surface area contributed by atoms with Crippen LogP contribution < -0.4 is 15.0 Å². The minimum absolute atomic E-state index is 0.0164. The molecular weight excluding hydrogens is 525 g/mol. The molecule has 12 heteroatoms. The average Bonchev–Trinajstić information content (AvgIpc) is 2.90. The maximum Gasteiger partial charge on any atom is 0.325 e. The Kier molecular flexibility index (Phi) is 8.05. The summed E-state index contributed by atoms with van der Waals surface area (Å²) in [6, 6.07) is 6.41. The summed E-state index contributed by atoms with van der Waals surface area (Å²) in [5.41, 5.74) is 0.0327. The molecule has 206 valence electrons. The van der Waals surface area contributed by atoms with E-state index >= 15 is 0 Å². The lowest BCUT2D eigenvalue weighted by Crippen LogP contribution is -2.46. The molecule has 1 aliphatic heterocycles. The number of nitrogens with zero attached hydrogens (tertiary/aromatic N) is 2. The number of hydrogen-bond donors (Lipinski definition) is 2. The first kappa shape index (κ1) is 27.8. The van der Waals surface area contributed by atoms with Crippen molar-refractivity contribution in [3.63, 3.8) is 0 Å². The quantitative estimate of drug-likeness (QED) is 0.395. The number of aliphatic hydroxyl groups is 1. The van der Waals surface area contributed by atoms with Gasteiger partial charge in [0.25, 0.3) is 5.91 Å². The van der Waals surface area contributed by atoms with Crippen molar-refractivity contribution >= 4 is 17.6 Å². The van der Waals surface area contributed by atoms with Crippen LogP contribution in [0.25, 0.3) is 0 Å². The summed E-state index contributed by atoms with van der Waals surface area (Å²) in [4.78, 5) is 28.6. The zero-order chi connectivity index (χ0) is 28.4. The van der Waals surface area contributed by atoms with Crippen LogP contribution in [-0.2, 0) is 13.1 Å². The standard InChI is InChI=1S/C27H24F5N3O4/c1-14-17-4-3-15(26(37)33-12-18-21(30)10-16(28)11-22(18)31)9-23(17)35(27(38)34(14)2)13-19-24(39-8-7-36)6-5-20(29)25(19)32/h3-6,9-11,14,36H,7-8,12-13H2,1-2H3,(H,33,37). The first-order chi connectivity index (χ1) is 18.5. The van der Waals surface area contributed by atoms with Gasteiger partial charge in [-0.05, 0) is 36.8 Å². The molecule has 1 atom stereocenters. The van der Waals surface area contributed by atoms with Gasteiger partial charge in [-0.25, -0.2) is 26.7 Å². The second kappa shape index (κ2) is 11.3. The first-order valence-corrected chi connectivity index (χ1v) is 11.8. The molecule has 0 radical (unpaired) electrons. The fourth-order valence-electron chi connectivity index (χ4n) is 4.28. The number of urea groups is 1. The SMILES string of the molecule is CC1c2ccc(C(=O)NCc3c(F)cc(F)cc3F)cc2N(Cc2c(OCCO)ccc(F)c2F)C(=O)N1C. The van der Waals surface area contributed by atoms with Gasteiger partial charge in [-0.1, -0.05) is 6.07 Å². The number of carbonyl (C=O) groups excluding carboxylic acids is 2. The van der Waals surface area contributed by atoms with E-state index in [1.165, 1.54) is 30.1 Å². The Morgan fingerprint density at radius 3 is 2.36 bits per heavy atom. The Hall–Kier alpha value is -4.19. The Balaban J connectivity index is 1.68. The lowest BCUT2D eigenvalue weighted by Gasteiger charge is -2.40. The molecule has 3 aromatic carbocycles. The van der Waals surface area contributed by atoms with E-state index in [0.29, 0.717) is 17.7 Å². The molecule has 0 saturated heterocycles. The van der Waals surface area contributed by atoms with Crippen molar-refractivity contribution in [1.82, 2.24) is 10.2 Å². The number of anilines is 1. The van der Waals surface area contributed by atoms with Crippen LogP contribution in [0.15, 0.2) is 42.5 Å². The fourth-order valence-corrected chi connectivity index (χ4v) is 4.28. The number of rotatable bonds is 8. The van der Waals surface area contributed by atoms with Crippen molar-refractivity contribution < 1.29 is 41.4 Å². The van der Waals surface area contributed by atoms with Crippen molar-refractivity contribution in [2.75, 3.05) is 25.2 Å². The summed E-state index contributed by atoms with van der Waals surface area (Å²) in [5, 5.41) is 11.4. The maximum absolute atomic E-state index is 14.9. The molecule has 4 rings (SSSR count). The molecule has 2 N–H and O–H groups in total. The second-order valence-corrected chi connectivity index (χ2v) is 8.87. The van der Waals surface area contributed by atoms with Crippen LogP contribution in [0.5, 0.6) is 5.75 Å². The van der Waals surface area contributed by atoms with E-state index in [1.807, 2.05) is 0 Å². The number of ether oxygens (including phenoxy) is 1. The van der Waals surface area contributed by atoms with Crippen molar-refractivity contribution in [1.29, 1.82) is 0 Å². The zero-order valence-electron chi connectivity index (χ0n) is 20.9. The molecule has 39 heavy (non-hydrogen) atoms. The Bertz CT molecular complexity index is 1410. The van der Waals surface area contributed by atoms with Gasteiger partial charge in [-0.3, -0.25) is 9.69 Å². The number of benzene rings is 3. The molecule has 3 aromatic rings. The van der Waals surface area contributed by atoms with Crippen LogP contribution in [-0.4, -0.2) is 42.2 Å². The molecule has 7 nitrogen and oxygen atoms in total. The summed E-state index contributed by atoms with van der Waals surface area (Å²) in [7, 11) is 1.53. The normalized spacial score (nSPS) is 14.9. The molecular formula is C27H24F5N3O4. The summed E-state index contributed by atoms with van der Waals surface area (Å²) in [5.74, 6) is -6.65. The molecule has 1 heterocycles. The molecule has 0 spiro atoms. The van der Waals surface area contributed by atoms with Crippen LogP contribution in [0.2, 0.25) is 0 Å². The minimum Gasteiger partial charge on any atom is -0.491 e. The molecule has 0 bridgehead atoms. The molecule has 0 aliphatic carbocycles. The number of halogens is 5. The number of nitrogens with one attached hydrogen (secondary N) is 1. The van der Waals surface area contributed by atoms with E-state index in [1.54, 1.807) is 13.0 Å². The van der Waals surface area contributed by atoms with Gasteiger partial charge in [0.15, 0.2) is 11.6 Å². The van der Waals surface area contributed by atoms with Crippen LogP contribution >= 0.6 is 0 Å². The Morgan fingerprint density at radius 1 is 1.00 bits per heavy atom. The lowest BCUT2D eigenvalue weighted by atomic mass is 9.98. The average molecular weight is 549 g/mol. The summed E-state index contributed by atoms with van der Waals surface area (Å²) in [6.45, 7) is 0.125. The highest BCUT2D eigenvalue weighted by atomic mass is 19.2. The smallest absolute Gasteiger partial charge is 0.325 e. The third kappa shape index (κ3) is 5.51. The zero-order valence-corrected chi connectivity index (χ0v) is 20.9. The van der Waals surface area contributed by atoms with Crippen molar-refractivity contribution in [2.45, 2.75) is 26.1 Å². The minimum atomic E-state index is -1.24. The van der Waals surface area contributed by atoms with Crippen LogP contribution in [0.1, 0.15) is 40.0 Å². The maximum atomic E-state index is 14.9. The van der Waals surface area contributed by atoms with Crippen molar-refractivity contribution in [3.8, 4) is 5.75 Å². The second-order valence-electron chi connectivity index (χ2n) is 8.87. The van der Waals surface area contributed by atoms with Gasteiger partial charge in [0.2, 0.25) is 0 Å². The van der Waals surface area contributed by atoms with Gasteiger partial charge in [0, 0.05) is 36.9 Å². The number of carbonyl (C=O) groups is 2. The summed E-state index contributed by atoms with van der Waals surface area (Å²) >= 11 is 0. The van der Waals surface area contributed by atoms with Crippen molar-refractivity contribution in [2.24, 2.45) is 0 Å². The van der Waals surface area contributed by atoms with E-state index in [2.05, 4.69) is 5.32 Å². The van der Waals surface area contributed by atoms with Crippen LogP contribution in [0.3, 0.4) is 0 Å². The van der Waals surface area contributed by atoms with E-state index in [0.717, 1.165) is 11.0 Å². The third-order valence-corrected chi connectivity index (χ3v) is 6.50. The monoisotopic (exact) mass is 549 g/mol. The van der Waals surface area contributed by atoms with E-state index in [4.69, 9.17) is 9.84 Å². The molecule has 1 aliphatic rings. The topological polar surface area (TPSA) is 82.1 Å².